The van der Waals surface area contributed by atoms with E-state index in [4.69, 9.17) is 0 Å². The molecule has 0 aromatic heterocycles. The van der Waals surface area contributed by atoms with Gasteiger partial charge in [0.15, 0.2) is 0 Å². The minimum absolute atomic E-state index is 0.310. The van der Waals surface area contributed by atoms with E-state index < -0.39 is 0 Å². The number of aliphatic hydroxyl groups is 1. The number of nitrogens with zero attached hydrogens (tertiary/aromatic N) is 1. The van der Waals surface area contributed by atoms with Crippen molar-refractivity contribution in [2.45, 2.75) is 32.3 Å². The van der Waals surface area contributed by atoms with Gasteiger partial charge in [0.1, 0.15) is 0 Å². The zero-order chi connectivity index (χ0) is 16.1. The topological polar surface area (TPSA) is 23.5 Å². The second-order valence-electron chi connectivity index (χ2n) is 6.77. The first-order valence-electron chi connectivity index (χ1n) is 8.73. The molecule has 3 rings (SSSR count). The van der Waals surface area contributed by atoms with Crippen LogP contribution in [-0.4, -0.2) is 29.6 Å². The Morgan fingerprint density at radius 1 is 1.00 bits per heavy atom. The van der Waals surface area contributed by atoms with Gasteiger partial charge in [-0.05, 0) is 56.3 Å². The third kappa shape index (κ3) is 4.43. The standard InChI is InChI=1S/C21H27NO/c1-17-7-9-18(10-8-17)11-14-22-15-12-20(13-16-22)21(23)19-5-3-2-4-6-19/h2-10,20-21,23H,11-16H2,1H3. The summed E-state index contributed by atoms with van der Waals surface area (Å²) in [6, 6.07) is 19.0. The predicted octanol–water partition coefficient (Wildman–Crippen LogP) is 3.98. The summed E-state index contributed by atoms with van der Waals surface area (Å²) in [6.45, 7) is 5.45. The fourth-order valence-corrected chi connectivity index (χ4v) is 3.46. The summed E-state index contributed by atoms with van der Waals surface area (Å²) >= 11 is 0. The molecule has 1 atom stereocenters. The van der Waals surface area contributed by atoms with Crippen LogP contribution in [-0.2, 0) is 6.42 Å². The lowest BCUT2D eigenvalue weighted by Crippen LogP contribution is -2.36. The van der Waals surface area contributed by atoms with Crippen LogP contribution >= 0.6 is 0 Å². The summed E-state index contributed by atoms with van der Waals surface area (Å²) in [6.07, 6.45) is 2.98. The van der Waals surface area contributed by atoms with Gasteiger partial charge in [0.25, 0.3) is 0 Å². The smallest absolute Gasteiger partial charge is 0.0819 e. The third-order valence-corrected chi connectivity index (χ3v) is 5.06. The first-order valence-corrected chi connectivity index (χ1v) is 8.73. The molecule has 2 aromatic rings. The number of benzene rings is 2. The van der Waals surface area contributed by atoms with Gasteiger partial charge in [0.2, 0.25) is 0 Å². The van der Waals surface area contributed by atoms with E-state index in [1.165, 1.54) is 11.1 Å². The maximum atomic E-state index is 10.5. The number of hydrogen-bond donors (Lipinski definition) is 1. The summed E-state index contributed by atoms with van der Waals surface area (Å²) in [5.74, 6) is 0.396. The Morgan fingerprint density at radius 2 is 1.65 bits per heavy atom. The van der Waals surface area contributed by atoms with E-state index in [9.17, 15) is 5.11 Å². The molecule has 0 aliphatic carbocycles. The Morgan fingerprint density at radius 3 is 2.30 bits per heavy atom. The van der Waals surface area contributed by atoms with Gasteiger partial charge < -0.3 is 10.0 Å². The SMILES string of the molecule is Cc1ccc(CCN2CCC(C(O)c3ccccc3)CC2)cc1. The average molecular weight is 309 g/mol. The van der Waals surface area contributed by atoms with E-state index in [-0.39, 0.29) is 6.10 Å². The second-order valence-corrected chi connectivity index (χ2v) is 6.77. The molecule has 0 radical (unpaired) electrons. The quantitative estimate of drug-likeness (QED) is 0.903. The highest BCUT2D eigenvalue weighted by molar-refractivity contribution is 5.21. The molecular weight excluding hydrogens is 282 g/mol. The van der Waals surface area contributed by atoms with Crippen molar-refractivity contribution in [1.29, 1.82) is 0 Å². The molecule has 1 heterocycles. The highest BCUT2D eigenvalue weighted by Crippen LogP contribution is 2.30. The highest BCUT2D eigenvalue weighted by Gasteiger charge is 2.25. The van der Waals surface area contributed by atoms with Gasteiger partial charge in [-0.25, -0.2) is 0 Å². The van der Waals surface area contributed by atoms with E-state index in [0.717, 1.165) is 44.5 Å². The Kier molecular flexibility index (Phi) is 5.47. The highest BCUT2D eigenvalue weighted by atomic mass is 16.3. The maximum Gasteiger partial charge on any atom is 0.0819 e. The Labute approximate surface area is 139 Å². The molecule has 2 aromatic carbocycles. The van der Waals surface area contributed by atoms with Gasteiger partial charge in [-0.3, -0.25) is 0 Å². The molecule has 122 valence electrons. The van der Waals surface area contributed by atoms with Crippen LogP contribution in [0.2, 0.25) is 0 Å². The van der Waals surface area contributed by atoms with Crippen LogP contribution in [0.5, 0.6) is 0 Å². The van der Waals surface area contributed by atoms with Crippen molar-refractivity contribution in [2.75, 3.05) is 19.6 Å². The predicted molar refractivity (Wildman–Crippen MR) is 95.4 cm³/mol. The molecule has 1 aliphatic heterocycles. The third-order valence-electron chi connectivity index (χ3n) is 5.06. The number of likely N-dealkylation sites (tertiary alicyclic amines) is 1. The molecule has 0 saturated carbocycles. The van der Waals surface area contributed by atoms with Gasteiger partial charge in [0.05, 0.1) is 6.10 Å². The molecule has 0 spiro atoms. The molecule has 23 heavy (non-hydrogen) atoms. The van der Waals surface area contributed by atoms with Crippen LogP contribution in [0.1, 0.15) is 35.6 Å². The fourth-order valence-electron chi connectivity index (χ4n) is 3.46. The number of aryl methyl sites for hydroxylation is 1. The zero-order valence-electron chi connectivity index (χ0n) is 14.0. The second kappa shape index (κ2) is 7.76. The van der Waals surface area contributed by atoms with Crippen LogP contribution < -0.4 is 0 Å². The molecular formula is C21H27NO. The molecule has 1 unspecified atom stereocenters. The van der Waals surface area contributed by atoms with Crippen molar-refractivity contribution in [1.82, 2.24) is 4.90 Å². The van der Waals surface area contributed by atoms with E-state index in [1.807, 2.05) is 30.3 Å². The lowest BCUT2D eigenvalue weighted by Gasteiger charge is -2.34. The summed E-state index contributed by atoms with van der Waals surface area (Å²) in [7, 11) is 0. The molecule has 2 heteroatoms. The van der Waals surface area contributed by atoms with Crippen LogP contribution in [0.3, 0.4) is 0 Å². The van der Waals surface area contributed by atoms with Gasteiger partial charge >= 0.3 is 0 Å². The average Bonchev–Trinajstić information content (AvgIpc) is 2.62. The molecule has 1 aliphatic rings. The number of piperidine rings is 1. The largest absolute Gasteiger partial charge is 0.388 e. The fraction of sp³-hybridized carbons (Fsp3) is 0.429. The van der Waals surface area contributed by atoms with E-state index in [2.05, 4.69) is 36.1 Å². The summed E-state index contributed by atoms with van der Waals surface area (Å²) < 4.78 is 0. The van der Waals surface area contributed by atoms with Crippen molar-refractivity contribution in [3.05, 3.63) is 71.3 Å². The van der Waals surface area contributed by atoms with E-state index in [1.54, 1.807) is 0 Å². The van der Waals surface area contributed by atoms with Gasteiger partial charge in [0, 0.05) is 6.54 Å². The Hall–Kier alpha value is -1.64. The lowest BCUT2D eigenvalue weighted by molar-refractivity contribution is 0.0592. The van der Waals surface area contributed by atoms with Crippen molar-refractivity contribution >= 4 is 0 Å². The van der Waals surface area contributed by atoms with Crippen LogP contribution in [0, 0.1) is 12.8 Å². The van der Waals surface area contributed by atoms with Crippen LogP contribution in [0.4, 0.5) is 0 Å². The molecule has 0 bridgehead atoms. The number of aliphatic hydroxyl groups excluding tert-OH is 1. The van der Waals surface area contributed by atoms with Crippen molar-refractivity contribution in [3.8, 4) is 0 Å². The van der Waals surface area contributed by atoms with E-state index in [0.29, 0.717) is 5.92 Å². The Bertz CT molecular complexity index is 585. The van der Waals surface area contributed by atoms with Crippen LogP contribution in [0.25, 0.3) is 0 Å². The molecule has 1 saturated heterocycles. The molecule has 2 nitrogen and oxygen atoms in total. The van der Waals surface area contributed by atoms with Crippen LogP contribution in [0.15, 0.2) is 54.6 Å². The zero-order valence-corrected chi connectivity index (χ0v) is 14.0. The summed E-state index contributed by atoms with van der Waals surface area (Å²) in [4.78, 5) is 2.54. The van der Waals surface area contributed by atoms with Gasteiger partial charge in [-0.15, -0.1) is 0 Å². The summed E-state index contributed by atoms with van der Waals surface area (Å²) in [5.41, 5.74) is 3.80. The number of hydrogen-bond acceptors (Lipinski definition) is 2. The number of rotatable bonds is 5. The minimum atomic E-state index is -0.310. The lowest BCUT2D eigenvalue weighted by atomic mass is 9.87. The van der Waals surface area contributed by atoms with E-state index >= 15 is 0 Å². The van der Waals surface area contributed by atoms with Crippen molar-refractivity contribution < 1.29 is 5.11 Å². The molecule has 1 N–H and O–H groups in total. The van der Waals surface area contributed by atoms with Gasteiger partial charge in [-0.2, -0.15) is 0 Å². The monoisotopic (exact) mass is 309 g/mol. The normalized spacial score (nSPS) is 18.0. The first kappa shape index (κ1) is 16.2. The van der Waals surface area contributed by atoms with Gasteiger partial charge in [-0.1, -0.05) is 60.2 Å². The Balaban J connectivity index is 1.46. The minimum Gasteiger partial charge on any atom is -0.388 e. The van der Waals surface area contributed by atoms with Crippen molar-refractivity contribution in [2.24, 2.45) is 5.92 Å². The molecule has 0 amide bonds. The summed E-state index contributed by atoms with van der Waals surface area (Å²) in [5, 5.41) is 10.5. The maximum absolute atomic E-state index is 10.5. The molecule has 1 fully saturated rings. The van der Waals surface area contributed by atoms with Crippen molar-refractivity contribution in [3.63, 3.8) is 0 Å². The first-order chi connectivity index (χ1) is 11.2.